The fraction of sp³-hybridized carbons (Fsp3) is 0.714. The summed E-state index contributed by atoms with van der Waals surface area (Å²) in [4.78, 5) is 0.277. The Morgan fingerprint density at radius 3 is 2.43 bits per heavy atom. The zero-order valence-corrected chi connectivity index (χ0v) is 14.5. The molecule has 1 atom stereocenters. The molecule has 0 saturated carbocycles. The van der Waals surface area contributed by atoms with Gasteiger partial charge in [0.05, 0.1) is 6.61 Å². The van der Waals surface area contributed by atoms with Gasteiger partial charge in [-0.2, -0.15) is 4.31 Å². The maximum Gasteiger partial charge on any atom is 0.247 e. The molecule has 0 aliphatic rings. The zero-order valence-electron chi connectivity index (χ0n) is 13.7. The van der Waals surface area contributed by atoms with E-state index in [9.17, 15) is 8.42 Å². The van der Waals surface area contributed by atoms with Crippen molar-refractivity contribution >= 4 is 10.0 Å². The molecule has 1 rings (SSSR count). The van der Waals surface area contributed by atoms with Crippen molar-refractivity contribution in [2.45, 2.75) is 45.2 Å². The van der Waals surface area contributed by atoms with Gasteiger partial charge < -0.3 is 14.5 Å². The monoisotopic (exact) mass is 318 g/mol. The minimum atomic E-state index is -3.62. The number of sulfonamides is 1. The highest BCUT2D eigenvalue weighted by Crippen LogP contribution is 2.30. The Bertz CT molecular complexity index is 566. The van der Waals surface area contributed by atoms with Crippen LogP contribution in [0.15, 0.2) is 9.31 Å². The van der Waals surface area contributed by atoms with Gasteiger partial charge in [-0.3, -0.25) is 0 Å². The van der Waals surface area contributed by atoms with E-state index in [-0.39, 0.29) is 10.9 Å². The minimum absolute atomic E-state index is 0.234. The Morgan fingerprint density at radius 2 is 1.95 bits per heavy atom. The van der Waals surface area contributed by atoms with Gasteiger partial charge in [0, 0.05) is 31.8 Å². The third-order valence-corrected chi connectivity index (χ3v) is 5.74. The summed E-state index contributed by atoms with van der Waals surface area (Å²) in [6.45, 7) is 8.32. The molecule has 0 radical (unpaired) electrons. The number of nitrogens with zero attached hydrogens (tertiary/aromatic N) is 1. The Balaban J connectivity index is 3.35. The van der Waals surface area contributed by atoms with E-state index in [2.05, 4.69) is 5.32 Å². The smallest absolute Gasteiger partial charge is 0.247 e. The van der Waals surface area contributed by atoms with Gasteiger partial charge >= 0.3 is 0 Å². The molecule has 0 aromatic carbocycles. The molecule has 1 unspecified atom stereocenters. The maximum atomic E-state index is 13.0. The quantitative estimate of drug-likeness (QED) is 0.789. The summed E-state index contributed by atoms with van der Waals surface area (Å²) in [6, 6.07) is -0.234. The first-order chi connectivity index (χ1) is 9.81. The van der Waals surface area contributed by atoms with Gasteiger partial charge in [-0.05, 0) is 27.8 Å². The molecule has 0 bridgehead atoms. The first-order valence-electron chi connectivity index (χ1n) is 7.05. The lowest BCUT2D eigenvalue weighted by molar-refractivity contribution is 0.142. The Kier molecular flexibility index (Phi) is 6.40. The molecule has 0 fully saturated rings. The molecule has 1 N–H and O–H groups in total. The molecular weight excluding hydrogens is 292 g/mol. The number of methoxy groups -OCH3 is 1. The highest BCUT2D eigenvalue weighted by molar-refractivity contribution is 7.89. The van der Waals surface area contributed by atoms with Crippen molar-refractivity contribution in [3.63, 3.8) is 0 Å². The van der Waals surface area contributed by atoms with Crippen LogP contribution in [0, 0.1) is 13.8 Å². The summed E-state index contributed by atoms with van der Waals surface area (Å²) in [5, 5.41) is 2.99. The number of aryl methyl sites for hydroxylation is 2. The summed E-state index contributed by atoms with van der Waals surface area (Å²) < 4.78 is 38.1. The van der Waals surface area contributed by atoms with Crippen molar-refractivity contribution in [2.24, 2.45) is 0 Å². The van der Waals surface area contributed by atoms with Crippen LogP contribution in [0.1, 0.15) is 30.9 Å². The van der Waals surface area contributed by atoms with E-state index in [1.165, 1.54) is 4.31 Å². The lowest BCUT2D eigenvalue weighted by Gasteiger charge is -2.26. The van der Waals surface area contributed by atoms with Crippen LogP contribution in [-0.4, -0.2) is 46.1 Å². The number of nitrogens with one attached hydrogen (secondary N) is 1. The maximum absolute atomic E-state index is 13.0. The molecule has 0 aliphatic heterocycles. The van der Waals surface area contributed by atoms with Crippen molar-refractivity contribution in [3.05, 3.63) is 17.1 Å². The third kappa shape index (κ3) is 3.66. The summed E-state index contributed by atoms with van der Waals surface area (Å²) in [5.41, 5.74) is 0.693. The lowest BCUT2D eigenvalue weighted by Crippen LogP contribution is -2.41. The van der Waals surface area contributed by atoms with Gasteiger partial charge in [0.1, 0.15) is 16.4 Å². The van der Waals surface area contributed by atoms with E-state index in [0.29, 0.717) is 36.8 Å². The number of rotatable bonds is 8. The van der Waals surface area contributed by atoms with E-state index in [1.807, 2.05) is 13.8 Å². The van der Waals surface area contributed by atoms with Gasteiger partial charge in [0.15, 0.2) is 0 Å². The van der Waals surface area contributed by atoms with E-state index >= 15 is 0 Å². The van der Waals surface area contributed by atoms with E-state index < -0.39 is 10.0 Å². The van der Waals surface area contributed by atoms with Crippen LogP contribution >= 0.6 is 0 Å². The van der Waals surface area contributed by atoms with Crippen LogP contribution in [0.4, 0.5) is 0 Å². The number of hydrogen-bond acceptors (Lipinski definition) is 5. The third-order valence-electron chi connectivity index (χ3n) is 3.46. The molecule has 1 aromatic heterocycles. The molecule has 21 heavy (non-hydrogen) atoms. The number of hydrogen-bond donors (Lipinski definition) is 1. The van der Waals surface area contributed by atoms with Gasteiger partial charge in [0.2, 0.25) is 10.0 Å². The minimum Gasteiger partial charge on any atom is -0.465 e. The number of likely N-dealkylation sites (N-methyl/N-ethyl adjacent to an activating group) is 1. The van der Waals surface area contributed by atoms with Crippen LogP contribution in [0.5, 0.6) is 0 Å². The second kappa shape index (κ2) is 7.40. The predicted octanol–water partition coefficient (Wildman–Crippen LogP) is 1.66. The fourth-order valence-electron chi connectivity index (χ4n) is 2.59. The molecule has 0 aliphatic carbocycles. The van der Waals surface area contributed by atoms with Crippen LogP contribution in [0.25, 0.3) is 0 Å². The second-order valence-electron chi connectivity index (χ2n) is 5.07. The SMILES string of the molecule is CCN(C(C)COC)S(=O)(=O)c1c(C)oc(C)c1CNC. The molecule has 7 heteroatoms. The highest BCUT2D eigenvalue weighted by atomic mass is 32.2. The van der Waals surface area contributed by atoms with Gasteiger partial charge in [0.25, 0.3) is 0 Å². The fourth-order valence-corrected chi connectivity index (χ4v) is 4.63. The van der Waals surface area contributed by atoms with E-state index in [0.717, 1.165) is 0 Å². The second-order valence-corrected chi connectivity index (χ2v) is 6.89. The van der Waals surface area contributed by atoms with Crippen molar-refractivity contribution < 1.29 is 17.6 Å². The van der Waals surface area contributed by atoms with Crippen LogP contribution in [0.2, 0.25) is 0 Å². The van der Waals surface area contributed by atoms with Crippen LogP contribution < -0.4 is 5.32 Å². The largest absolute Gasteiger partial charge is 0.465 e. The average Bonchev–Trinajstić information content (AvgIpc) is 2.66. The lowest BCUT2D eigenvalue weighted by atomic mass is 10.2. The van der Waals surface area contributed by atoms with Crippen molar-refractivity contribution in [1.82, 2.24) is 9.62 Å². The normalized spacial score (nSPS) is 13.9. The first-order valence-corrected chi connectivity index (χ1v) is 8.49. The van der Waals surface area contributed by atoms with E-state index in [1.54, 1.807) is 28.0 Å². The molecule has 1 aromatic rings. The van der Waals surface area contributed by atoms with Crippen molar-refractivity contribution in [2.75, 3.05) is 27.3 Å². The molecule has 1 heterocycles. The Labute approximate surface area is 127 Å². The number of ether oxygens (including phenoxy) is 1. The Morgan fingerprint density at radius 1 is 1.33 bits per heavy atom. The van der Waals surface area contributed by atoms with E-state index in [4.69, 9.17) is 9.15 Å². The standard InChI is InChI=1S/C14H26N2O4S/c1-7-16(10(2)9-19-6)21(17,18)14-12(4)20-11(3)13(14)8-15-5/h10,15H,7-9H2,1-6H3. The van der Waals surface area contributed by atoms with Crippen molar-refractivity contribution in [1.29, 1.82) is 0 Å². The van der Waals surface area contributed by atoms with Crippen molar-refractivity contribution in [3.8, 4) is 0 Å². The van der Waals surface area contributed by atoms with Gasteiger partial charge in [-0.25, -0.2) is 8.42 Å². The summed E-state index contributed by atoms with van der Waals surface area (Å²) in [5.74, 6) is 1.07. The summed E-state index contributed by atoms with van der Waals surface area (Å²) in [6.07, 6.45) is 0. The van der Waals surface area contributed by atoms with Crippen LogP contribution in [0.3, 0.4) is 0 Å². The van der Waals surface area contributed by atoms with Gasteiger partial charge in [-0.1, -0.05) is 6.92 Å². The highest BCUT2D eigenvalue weighted by Gasteiger charge is 2.34. The first kappa shape index (κ1) is 18.2. The zero-order chi connectivity index (χ0) is 16.2. The predicted molar refractivity (Wildman–Crippen MR) is 81.8 cm³/mol. The topological polar surface area (TPSA) is 71.8 Å². The molecule has 0 spiro atoms. The molecular formula is C14H26N2O4S. The molecule has 122 valence electrons. The Hall–Kier alpha value is -0.890. The van der Waals surface area contributed by atoms with Gasteiger partial charge in [-0.15, -0.1) is 0 Å². The molecule has 6 nitrogen and oxygen atoms in total. The summed E-state index contributed by atoms with van der Waals surface area (Å²) in [7, 11) is -0.268. The average molecular weight is 318 g/mol. The number of furan rings is 1. The van der Waals surface area contributed by atoms with Crippen LogP contribution in [-0.2, 0) is 21.3 Å². The summed E-state index contributed by atoms with van der Waals surface area (Å²) >= 11 is 0. The molecule has 0 saturated heterocycles. The molecule has 0 amide bonds.